The van der Waals surface area contributed by atoms with Crippen molar-refractivity contribution >= 4 is 5.91 Å². The Morgan fingerprint density at radius 1 is 1.19 bits per heavy atom. The van der Waals surface area contributed by atoms with Gasteiger partial charge in [0.15, 0.2) is 0 Å². The van der Waals surface area contributed by atoms with Crippen molar-refractivity contribution in [3.05, 3.63) is 77.2 Å². The molecule has 2 heterocycles. The number of amides is 1. The van der Waals surface area contributed by atoms with E-state index in [1.165, 1.54) is 6.20 Å². The molecule has 0 aliphatic heterocycles. The average molecular weight is 428 g/mol. The number of halogens is 3. The molecule has 5 nitrogen and oxygen atoms in total. The first kappa shape index (κ1) is 21.1. The second-order valence-electron chi connectivity index (χ2n) is 7.74. The standard InChI is InChI=1S/C23H23F3N4O/c24-23(25,26)14-30-13-20(19-7-6-16-12-28-9-8-18(16)21(19)30)22(31)29-17(11-27)10-15-4-2-1-3-5-15/h1-5,8-9,12-13,17H,6-7,10-11,14,27H2,(H,29,31)/t17-/m0/s1. The second-order valence-corrected chi connectivity index (χ2v) is 7.74. The minimum Gasteiger partial charge on any atom is -0.348 e. The Morgan fingerprint density at radius 2 is 1.97 bits per heavy atom. The number of alkyl halides is 3. The van der Waals surface area contributed by atoms with Crippen LogP contribution in [0, 0.1) is 0 Å². The van der Waals surface area contributed by atoms with Gasteiger partial charge in [0.1, 0.15) is 6.54 Å². The second kappa shape index (κ2) is 8.55. The summed E-state index contributed by atoms with van der Waals surface area (Å²) >= 11 is 0. The van der Waals surface area contributed by atoms with Crippen molar-refractivity contribution in [3.8, 4) is 11.3 Å². The molecular formula is C23H23F3N4O. The first-order valence-electron chi connectivity index (χ1n) is 10.1. The number of hydrogen-bond donors (Lipinski definition) is 2. The van der Waals surface area contributed by atoms with E-state index in [4.69, 9.17) is 5.73 Å². The van der Waals surface area contributed by atoms with Crippen LogP contribution < -0.4 is 11.1 Å². The van der Waals surface area contributed by atoms with E-state index in [1.54, 1.807) is 18.5 Å². The summed E-state index contributed by atoms with van der Waals surface area (Å²) in [5.41, 5.74) is 9.81. The van der Waals surface area contributed by atoms with Crippen LogP contribution >= 0.6 is 0 Å². The van der Waals surface area contributed by atoms with Crippen LogP contribution in [0.2, 0.25) is 0 Å². The summed E-state index contributed by atoms with van der Waals surface area (Å²) in [6, 6.07) is 11.0. The summed E-state index contributed by atoms with van der Waals surface area (Å²) in [4.78, 5) is 17.2. The van der Waals surface area contributed by atoms with Crippen LogP contribution in [0.1, 0.15) is 27.0 Å². The molecule has 0 unspecified atom stereocenters. The van der Waals surface area contributed by atoms with Crippen molar-refractivity contribution in [1.82, 2.24) is 14.9 Å². The van der Waals surface area contributed by atoms with Crippen LogP contribution in [0.3, 0.4) is 0 Å². The molecule has 1 atom stereocenters. The third-order valence-electron chi connectivity index (χ3n) is 5.53. The topological polar surface area (TPSA) is 72.9 Å². The smallest absolute Gasteiger partial charge is 0.348 e. The van der Waals surface area contributed by atoms with Crippen molar-refractivity contribution in [1.29, 1.82) is 0 Å². The van der Waals surface area contributed by atoms with E-state index in [0.29, 0.717) is 36.1 Å². The Labute approximate surface area is 178 Å². The number of rotatable bonds is 6. The summed E-state index contributed by atoms with van der Waals surface area (Å²) in [6.07, 6.45) is 1.79. The molecule has 3 N–H and O–H groups in total. The van der Waals surface area contributed by atoms with Gasteiger partial charge < -0.3 is 15.6 Å². The normalized spacial score (nSPS) is 13.9. The van der Waals surface area contributed by atoms with Crippen LogP contribution in [0.5, 0.6) is 0 Å². The van der Waals surface area contributed by atoms with Gasteiger partial charge in [-0.1, -0.05) is 30.3 Å². The molecule has 1 aromatic carbocycles. The minimum atomic E-state index is -4.40. The molecule has 0 spiro atoms. The average Bonchev–Trinajstić information content (AvgIpc) is 3.11. The molecule has 0 bridgehead atoms. The SMILES string of the molecule is NC[C@H](Cc1ccccc1)NC(=O)c1cn(CC(F)(F)F)c2c1CCc1cnccc1-2. The van der Waals surface area contributed by atoms with Crippen molar-refractivity contribution in [2.45, 2.75) is 38.0 Å². The van der Waals surface area contributed by atoms with Crippen molar-refractivity contribution in [2.24, 2.45) is 5.73 Å². The molecule has 0 radical (unpaired) electrons. The lowest BCUT2D eigenvalue weighted by molar-refractivity contribution is -0.140. The molecular weight excluding hydrogens is 405 g/mol. The molecule has 0 saturated carbocycles. The third-order valence-corrected chi connectivity index (χ3v) is 5.53. The number of nitrogens with zero attached hydrogens (tertiary/aromatic N) is 2. The predicted octanol–water partition coefficient (Wildman–Crippen LogP) is 3.51. The molecule has 1 aliphatic rings. The van der Waals surface area contributed by atoms with Gasteiger partial charge in [-0.2, -0.15) is 13.2 Å². The highest BCUT2D eigenvalue weighted by atomic mass is 19.4. The Bertz CT molecular complexity index is 1080. The third kappa shape index (κ3) is 4.64. The van der Waals surface area contributed by atoms with Gasteiger partial charge in [-0.25, -0.2) is 0 Å². The van der Waals surface area contributed by atoms with Crippen LogP contribution in [0.25, 0.3) is 11.3 Å². The van der Waals surface area contributed by atoms with Crippen molar-refractivity contribution in [2.75, 3.05) is 6.54 Å². The molecule has 0 fully saturated rings. The first-order chi connectivity index (χ1) is 14.9. The van der Waals surface area contributed by atoms with Gasteiger partial charge in [0.2, 0.25) is 0 Å². The number of fused-ring (bicyclic) bond motifs is 3. The summed E-state index contributed by atoms with van der Waals surface area (Å²) in [5, 5.41) is 2.91. The molecule has 3 aromatic rings. The maximum Gasteiger partial charge on any atom is 0.406 e. The number of hydrogen-bond acceptors (Lipinski definition) is 3. The molecule has 1 aliphatic carbocycles. The van der Waals surface area contributed by atoms with Crippen LogP contribution in [-0.4, -0.2) is 34.2 Å². The monoisotopic (exact) mass is 428 g/mol. The zero-order valence-corrected chi connectivity index (χ0v) is 16.8. The number of nitrogens with one attached hydrogen (secondary N) is 1. The number of carbonyl (C=O) groups is 1. The molecule has 8 heteroatoms. The van der Waals surface area contributed by atoms with Crippen LogP contribution in [0.15, 0.2) is 55.0 Å². The quantitative estimate of drug-likeness (QED) is 0.631. The molecule has 162 valence electrons. The zero-order valence-electron chi connectivity index (χ0n) is 16.8. The highest BCUT2D eigenvalue weighted by molar-refractivity contribution is 5.98. The van der Waals surface area contributed by atoms with E-state index in [-0.39, 0.29) is 18.2 Å². The maximum absolute atomic E-state index is 13.3. The van der Waals surface area contributed by atoms with Gasteiger partial charge in [0, 0.05) is 36.7 Å². The summed E-state index contributed by atoms with van der Waals surface area (Å²) in [5.74, 6) is -0.402. The van der Waals surface area contributed by atoms with E-state index in [9.17, 15) is 18.0 Å². The minimum absolute atomic E-state index is 0.223. The number of carbonyl (C=O) groups excluding carboxylic acids is 1. The lowest BCUT2D eigenvalue weighted by atomic mass is 9.89. The Hall–Kier alpha value is -3.13. The Morgan fingerprint density at radius 3 is 2.68 bits per heavy atom. The van der Waals surface area contributed by atoms with E-state index in [0.717, 1.165) is 15.7 Å². The maximum atomic E-state index is 13.3. The van der Waals surface area contributed by atoms with Crippen LogP contribution in [0.4, 0.5) is 13.2 Å². The fourth-order valence-electron chi connectivity index (χ4n) is 4.16. The zero-order chi connectivity index (χ0) is 22.0. The molecule has 4 rings (SSSR count). The lowest BCUT2D eigenvalue weighted by Gasteiger charge is -2.21. The summed E-state index contributed by atoms with van der Waals surface area (Å²) < 4.78 is 40.9. The molecule has 1 amide bonds. The molecule has 2 aromatic heterocycles. The lowest BCUT2D eigenvalue weighted by Crippen LogP contribution is -2.42. The largest absolute Gasteiger partial charge is 0.406 e. The number of pyridine rings is 1. The number of aromatic nitrogens is 2. The van der Waals surface area contributed by atoms with E-state index < -0.39 is 18.6 Å². The van der Waals surface area contributed by atoms with Crippen LogP contribution in [-0.2, 0) is 25.8 Å². The Kier molecular flexibility index (Phi) is 5.82. The van der Waals surface area contributed by atoms with Gasteiger partial charge in [0.25, 0.3) is 5.91 Å². The molecule has 31 heavy (non-hydrogen) atoms. The fraction of sp³-hybridized carbons (Fsp3) is 0.304. The Balaban J connectivity index is 1.66. The first-order valence-corrected chi connectivity index (χ1v) is 10.1. The van der Waals surface area contributed by atoms with E-state index >= 15 is 0 Å². The number of aryl methyl sites for hydroxylation is 1. The fourth-order valence-corrected chi connectivity index (χ4v) is 4.16. The highest BCUT2D eigenvalue weighted by Gasteiger charge is 2.33. The number of benzene rings is 1. The summed E-state index contributed by atoms with van der Waals surface area (Å²) in [6.45, 7) is -0.935. The predicted molar refractivity (Wildman–Crippen MR) is 112 cm³/mol. The highest BCUT2D eigenvalue weighted by Crippen LogP contribution is 2.37. The van der Waals surface area contributed by atoms with Gasteiger partial charge >= 0.3 is 6.18 Å². The van der Waals surface area contributed by atoms with Gasteiger partial charge in [-0.05, 0) is 42.0 Å². The van der Waals surface area contributed by atoms with E-state index in [1.807, 2.05) is 30.3 Å². The van der Waals surface area contributed by atoms with Crippen molar-refractivity contribution < 1.29 is 18.0 Å². The van der Waals surface area contributed by atoms with Gasteiger partial charge in [0.05, 0.1) is 11.3 Å². The van der Waals surface area contributed by atoms with Crippen molar-refractivity contribution in [3.63, 3.8) is 0 Å². The van der Waals surface area contributed by atoms with Gasteiger partial charge in [-0.3, -0.25) is 9.78 Å². The van der Waals surface area contributed by atoms with E-state index in [2.05, 4.69) is 10.3 Å². The number of nitrogens with two attached hydrogens (primary N) is 1. The van der Waals surface area contributed by atoms with Gasteiger partial charge in [-0.15, -0.1) is 0 Å². The summed E-state index contributed by atoms with van der Waals surface area (Å²) in [7, 11) is 0. The molecule has 0 saturated heterocycles.